The highest BCUT2D eigenvalue weighted by molar-refractivity contribution is 6.30. The zero-order chi connectivity index (χ0) is 18.9. The Bertz CT molecular complexity index is 954. The zero-order valence-electron chi connectivity index (χ0n) is 15.0. The molecule has 1 saturated carbocycles. The maximum Gasteiger partial charge on any atom is 0.223 e. The summed E-state index contributed by atoms with van der Waals surface area (Å²) in [6.07, 6.45) is 6.47. The van der Waals surface area contributed by atoms with E-state index in [2.05, 4.69) is 30.6 Å². The van der Waals surface area contributed by atoms with E-state index in [-0.39, 0.29) is 6.04 Å². The van der Waals surface area contributed by atoms with Crippen LogP contribution >= 0.6 is 11.6 Å². The second kappa shape index (κ2) is 7.25. The maximum absolute atomic E-state index is 10.1. The van der Waals surface area contributed by atoms with E-state index < -0.39 is 5.60 Å². The average molecular weight is 385 g/mol. The Morgan fingerprint density at radius 1 is 1.19 bits per heavy atom. The monoisotopic (exact) mass is 384 g/mol. The van der Waals surface area contributed by atoms with Gasteiger partial charge in [-0.2, -0.15) is 0 Å². The molecular formula is C19H21ClN6O. The Labute approximate surface area is 162 Å². The topological polar surface area (TPSA) is 95.9 Å². The van der Waals surface area contributed by atoms with E-state index in [1.54, 1.807) is 6.20 Å². The lowest BCUT2D eigenvalue weighted by atomic mass is 9.84. The van der Waals surface area contributed by atoms with Crippen molar-refractivity contribution in [2.45, 2.75) is 44.2 Å². The van der Waals surface area contributed by atoms with Gasteiger partial charge in [0, 0.05) is 16.8 Å². The van der Waals surface area contributed by atoms with Crippen LogP contribution in [0.2, 0.25) is 5.02 Å². The van der Waals surface area contributed by atoms with Crippen LogP contribution < -0.4 is 10.6 Å². The number of benzene rings is 1. The third-order valence-corrected chi connectivity index (χ3v) is 5.10. The van der Waals surface area contributed by atoms with E-state index in [1.807, 2.05) is 31.2 Å². The number of hydrogen-bond acceptors (Lipinski definition) is 7. The highest BCUT2D eigenvalue weighted by Crippen LogP contribution is 2.29. The van der Waals surface area contributed by atoms with Gasteiger partial charge in [-0.05, 0) is 50.8 Å². The second-order valence-corrected chi connectivity index (χ2v) is 7.64. The van der Waals surface area contributed by atoms with Gasteiger partial charge in [-0.15, -0.1) is 0 Å². The predicted octanol–water partition coefficient (Wildman–Crippen LogP) is 3.92. The van der Waals surface area contributed by atoms with Crippen molar-refractivity contribution in [2.75, 3.05) is 10.6 Å². The van der Waals surface area contributed by atoms with Crippen LogP contribution in [0.5, 0.6) is 0 Å². The molecule has 3 aromatic rings. The fourth-order valence-electron chi connectivity index (χ4n) is 3.28. The van der Waals surface area contributed by atoms with E-state index in [4.69, 9.17) is 11.6 Å². The second-order valence-electron chi connectivity index (χ2n) is 7.20. The van der Waals surface area contributed by atoms with Gasteiger partial charge in [0.2, 0.25) is 5.95 Å². The fraction of sp³-hybridized carbons (Fsp3) is 0.368. The van der Waals surface area contributed by atoms with Gasteiger partial charge in [0.05, 0.1) is 11.8 Å². The molecule has 7 nitrogen and oxygen atoms in total. The Morgan fingerprint density at radius 3 is 2.78 bits per heavy atom. The summed E-state index contributed by atoms with van der Waals surface area (Å²) in [6, 6.07) is 7.67. The maximum atomic E-state index is 10.1. The number of aromatic nitrogens is 4. The third kappa shape index (κ3) is 4.26. The number of aliphatic hydroxyl groups is 1. The molecule has 1 aromatic carbocycles. The number of fused-ring (bicyclic) bond motifs is 1. The van der Waals surface area contributed by atoms with Crippen LogP contribution in [0.4, 0.5) is 17.5 Å². The van der Waals surface area contributed by atoms with Gasteiger partial charge in [0.15, 0.2) is 5.82 Å². The molecule has 1 aliphatic carbocycles. The first-order valence-electron chi connectivity index (χ1n) is 8.98. The summed E-state index contributed by atoms with van der Waals surface area (Å²) in [4.78, 5) is 17.6. The molecule has 2 aromatic heterocycles. The van der Waals surface area contributed by atoms with Crippen LogP contribution in [-0.4, -0.2) is 36.7 Å². The van der Waals surface area contributed by atoms with E-state index in [1.165, 1.54) is 6.33 Å². The summed E-state index contributed by atoms with van der Waals surface area (Å²) in [6.45, 7) is 1.89. The normalized spacial score (nSPS) is 22.6. The number of rotatable bonds is 4. The molecule has 2 heterocycles. The standard InChI is InChI=1S/C19H21ClN6O/c1-19(27)7-5-13(6-8-19)25-18-21-10-15-16(26-18)17(23-11-22-15)24-14-4-2-3-12(20)9-14/h2-4,9-11,13,27H,5-8H2,1H3,(H,21,25,26)(H,22,23,24)/t13-,19+. The molecule has 1 aliphatic rings. The molecule has 0 aliphatic heterocycles. The van der Waals surface area contributed by atoms with Crippen LogP contribution in [0.3, 0.4) is 0 Å². The lowest BCUT2D eigenvalue weighted by molar-refractivity contribution is 0.0196. The first kappa shape index (κ1) is 17.9. The number of anilines is 3. The number of nitrogens with zero attached hydrogens (tertiary/aromatic N) is 4. The van der Waals surface area contributed by atoms with Crippen LogP contribution in [-0.2, 0) is 0 Å². The highest BCUT2D eigenvalue weighted by Gasteiger charge is 2.28. The molecule has 27 heavy (non-hydrogen) atoms. The van der Waals surface area contributed by atoms with E-state index in [0.29, 0.717) is 27.8 Å². The van der Waals surface area contributed by atoms with Gasteiger partial charge in [-0.3, -0.25) is 0 Å². The van der Waals surface area contributed by atoms with Crippen molar-refractivity contribution < 1.29 is 5.11 Å². The minimum absolute atomic E-state index is 0.247. The molecule has 4 rings (SSSR count). The van der Waals surface area contributed by atoms with Gasteiger partial charge >= 0.3 is 0 Å². The predicted molar refractivity (Wildman–Crippen MR) is 106 cm³/mol. The van der Waals surface area contributed by atoms with Crippen LogP contribution in [0.15, 0.2) is 36.8 Å². The lowest BCUT2D eigenvalue weighted by Gasteiger charge is -2.33. The highest BCUT2D eigenvalue weighted by atomic mass is 35.5. The van der Waals surface area contributed by atoms with Gasteiger partial charge in [-0.1, -0.05) is 17.7 Å². The largest absolute Gasteiger partial charge is 0.390 e. The number of hydrogen-bond donors (Lipinski definition) is 3. The SMILES string of the molecule is C[C@]1(O)CC[C@@H](Nc2ncc3ncnc(Nc4cccc(Cl)c4)c3n2)CC1. The Morgan fingerprint density at radius 2 is 2.00 bits per heavy atom. The molecule has 140 valence electrons. The van der Waals surface area contributed by atoms with E-state index in [9.17, 15) is 5.11 Å². The first-order valence-corrected chi connectivity index (χ1v) is 9.36. The Balaban J connectivity index is 1.57. The molecule has 0 unspecified atom stereocenters. The van der Waals surface area contributed by atoms with Crippen molar-refractivity contribution in [3.8, 4) is 0 Å². The summed E-state index contributed by atoms with van der Waals surface area (Å²) in [5.41, 5.74) is 1.55. The quantitative estimate of drug-likeness (QED) is 0.627. The van der Waals surface area contributed by atoms with Gasteiger partial charge in [-0.25, -0.2) is 19.9 Å². The smallest absolute Gasteiger partial charge is 0.223 e. The fourth-order valence-corrected chi connectivity index (χ4v) is 3.48. The third-order valence-electron chi connectivity index (χ3n) is 4.86. The molecule has 0 saturated heterocycles. The van der Waals surface area contributed by atoms with E-state index >= 15 is 0 Å². The van der Waals surface area contributed by atoms with Crippen molar-refractivity contribution in [1.29, 1.82) is 0 Å². The molecule has 8 heteroatoms. The number of halogens is 1. The molecule has 0 amide bonds. The van der Waals surface area contributed by atoms with Crippen molar-refractivity contribution >= 4 is 40.1 Å². The summed E-state index contributed by atoms with van der Waals surface area (Å²) < 4.78 is 0. The van der Waals surface area contributed by atoms with Crippen molar-refractivity contribution in [3.05, 3.63) is 41.8 Å². The molecule has 1 fully saturated rings. The first-order chi connectivity index (χ1) is 13.0. The molecule has 0 spiro atoms. The number of nitrogens with one attached hydrogen (secondary N) is 2. The van der Waals surface area contributed by atoms with Crippen molar-refractivity contribution in [3.63, 3.8) is 0 Å². The van der Waals surface area contributed by atoms with Gasteiger partial charge in [0.1, 0.15) is 17.4 Å². The average Bonchev–Trinajstić information content (AvgIpc) is 2.64. The van der Waals surface area contributed by atoms with Crippen molar-refractivity contribution in [1.82, 2.24) is 19.9 Å². The molecule has 3 N–H and O–H groups in total. The van der Waals surface area contributed by atoms with Crippen LogP contribution in [0, 0.1) is 0 Å². The van der Waals surface area contributed by atoms with Gasteiger partial charge < -0.3 is 15.7 Å². The summed E-state index contributed by atoms with van der Waals surface area (Å²) in [7, 11) is 0. The van der Waals surface area contributed by atoms with E-state index in [0.717, 1.165) is 31.4 Å². The summed E-state index contributed by atoms with van der Waals surface area (Å²) in [5, 5.41) is 17.4. The van der Waals surface area contributed by atoms with Crippen LogP contribution in [0.1, 0.15) is 32.6 Å². The molecule has 0 atom stereocenters. The zero-order valence-corrected chi connectivity index (χ0v) is 15.7. The molecule has 0 radical (unpaired) electrons. The van der Waals surface area contributed by atoms with Gasteiger partial charge in [0.25, 0.3) is 0 Å². The minimum atomic E-state index is -0.565. The Kier molecular flexibility index (Phi) is 4.80. The van der Waals surface area contributed by atoms with Crippen molar-refractivity contribution in [2.24, 2.45) is 0 Å². The lowest BCUT2D eigenvalue weighted by Crippen LogP contribution is -2.36. The minimum Gasteiger partial charge on any atom is -0.390 e. The summed E-state index contributed by atoms with van der Waals surface area (Å²) in [5.74, 6) is 1.14. The summed E-state index contributed by atoms with van der Waals surface area (Å²) >= 11 is 6.06. The molecule has 0 bridgehead atoms. The molecular weight excluding hydrogens is 364 g/mol. The van der Waals surface area contributed by atoms with Crippen LogP contribution in [0.25, 0.3) is 11.0 Å². The Hall–Kier alpha value is -2.51.